The average Bonchev–Trinajstić information content (AvgIpc) is 2.01. The Bertz CT molecular complexity index is 259. The summed E-state index contributed by atoms with van der Waals surface area (Å²) >= 11 is 0. The van der Waals surface area contributed by atoms with Crippen molar-refractivity contribution in [3.63, 3.8) is 0 Å². The molecule has 0 aliphatic heterocycles. The summed E-state index contributed by atoms with van der Waals surface area (Å²) in [5.74, 6) is -0.992. The second-order valence-electron chi connectivity index (χ2n) is 2.73. The molecule has 0 rings (SSSR count). The van der Waals surface area contributed by atoms with E-state index < -0.39 is 19.6 Å². The normalized spacial score (nSPS) is 14.5. The monoisotopic (exact) mass is 223 g/mol. The largest absolute Gasteiger partial charge is 0.480 e. The van der Waals surface area contributed by atoms with E-state index in [2.05, 4.69) is 5.32 Å². The Morgan fingerprint density at radius 1 is 1.50 bits per heavy atom. The van der Waals surface area contributed by atoms with E-state index in [0.717, 1.165) is 0 Å². The Morgan fingerprint density at radius 3 is 2.43 bits per heavy atom. The number of carboxylic acids is 1. The molecule has 0 amide bonds. The smallest absolute Gasteiger partial charge is 0.329 e. The predicted molar refractivity (Wildman–Crippen MR) is 51.2 cm³/mol. The molecule has 0 spiro atoms. The highest BCUT2D eigenvalue weighted by atomic mass is 31.2. The first-order chi connectivity index (χ1) is 6.37. The van der Waals surface area contributed by atoms with Crippen molar-refractivity contribution in [1.82, 2.24) is 5.32 Å². The summed E-state index contributed by atoms with van der Waals surface area (Å²) in [6.07, 6.45) is 2.57. The second-order valence-corrected chi connectivity index (χ2v) is 4.43. The summed E-state index contributed by atoms with van der Waals surface area (Å²) in [7, 11) is -2.50. The maximum atomic E-state index is 10.5. The van der Waals surface area contributed by atoms with Crippen LogP contribution in [0.3, 0.4) is 0 Å². The van der Waals surface area contributed by atoms with E-state index in [1.807, 2.05) is 0 Å². The molecule has 4 N–H and O–H groups in total. The Balaban J connectivity index is 3.92. The van der Waals surface area contributed by atoms with Crippen LogP contribution in [-0.2, 0) is 9.36 Å². The quantitative estimate of drug-likeness (QED) is 0.366. The second kappa shape index (κ2) is 5.93. The Labute approximate surface area is 81.8 Å². The number of nitrogens with one attached hydrogen (secondary N) is 1. The number of hydrogen-bond acceptors (Lipinski definition) is 3. The van der Waals surface area contributed by atoms with Gasteiger partial charge < -0.3 is 20.2 Å². The van der Waals surface area contributed by atoms with E-state index in [1.165, 1.54) is 19.2 Å². The van der Waals surface area contributed by atoms with Crippen molar-refractivity contribution in [3.05, 3.63) is 12.2 Å². The van der Waals surface area contributed by atoms with Crippen molar-refractivity contribution >= 4 is 13.6 Å². The Morgan fingerprint density at radius 2 is 2.07 bits per heavy atom. The minimum absolute atomic E-state index is 0.200. The molecule has 1 atom stereocenters. The lowest BCUT2D eigenvalue weighted by atomic mass is 10.2. The molecule has 0 saturated carbocycles. The highest BCUT2D eigenvalue weighted by Gasteiger charge is 2.13. The van der Waals surface area contributed by atoms with Gasteiger partial charge in [-0.05, 0) is 13.5 Å². The molecule has 0 aromatic rings. The van der Waals surface area contributed by atoms with Crippen LogP contribution in [0.15, 0.2) is 12.2 Å². The number of aliphatic carboxylic acids is 1. The summed E-state index contributed by atoms with van der Waals surface area (Å²) in [6, 6.07) is -0.719. The molecule has 0 heterocycles. The van der Waals surface area contributed by atoms with Crippen LogP contribution in [0.2, 0.25) is 0 Å². The maximum absolute atomic E-state index is 10.5. The van der Waals surface area contributed by atoms with Crippen LogP contribution >= 0.6 is 7.60 Å². The molecule has 0 aliphatic carbocycles. The van der Waals surface area contributed by atoms with Gasteiger partial charge in [0.1, 0.15) is 6.04 Å². The first-order valence-corrected chi connectivity index (χ1v) is 5.76. The first kappa shape index (κ1) is 13.3. The van der Waals surface area contributed by atoms with Gasteiger partial charge in [-0.1, -0.05) is 12.2 Å². The molecule has 6 nitrogen and oxygen atoms in total. The van der Waals surface area contributed by atoms with E-state index in [9.17, 15) is 9.36 Å². The van der Waals surface area contributed by atoms with Crippen molar-refractivity contribution in [2.45, 2.75) is 12.5 Å². The van der Waals surface area contributed by atoms with Gasteiger partial charge in [0.15, 0.2) is 0 Å². The zero-order valence-corrected chi connectivity index (χ0v) is 8.65. The molecule has 0 aromatic heterocycles. The van der Waals surface area contributed by atoms with Gasteiger partial charge in [-0.15, -0.1) is 0 Å². The van der Waals surface area contributed by atoms with Gasteiger partial charge in [-0.3, -0.25) is 9.36 Å². The SMILES string of the molecule is CNC(C/C=C/CP(=O)(O)O)C(=O)O. The van der Waals surface area contributed by atoms with Gasteiger partial charge in [0.2, 0.25) is 0 Å². The maximum Gasteiger partial charge on any atom is 0.329 e. The third-order valence-electron chi connectivity index (χ3n) is 1.53. The van der Waals surface area contributed by atoms with Crippen LogP contribution in [0, 0.1) is 0 Å². The highest BCUT2D eigenvalue weighted by Crippen LogP contribution is 2.33. The van der Waals surface area contributed by atoms with E-state index in [4.69, 9.17) is 14.9 Å². The third kappa shape index (κ3) is 6.80. The molecule has 1 unspecified atom stereocenters. The molecule has 7 heteroatoms. The molecule has 0 aromatic carbocycles. The number of likely N-dealkylation sites (N-methyl/N-ethyl adjacent to an activating group) is 1. The topological polar surface area (TPSA) is 107 Å². The Hall–Kier alpha value is -0.680. The van der Waals surface area contributed by atoms with Gasteiger partial charge in [-0.2, -0.15) is 0 Å². The summed E-state index contributed by atoms with van der Waals surface area (Å²) in [5, 5.41) is 11.1. The first-order valence-electron chi connectivity index (χ1n) is 3.96. The molecule has 14 heavy (non-hydrogen) atoms. The van der Waals surface area contributed by atoms with E-state index in [-0.39, 0.29) is 12.6 Å². The zero-order chi connectivity index (χ0) is 11.2. The molecule has 0 saturated heterocycles. The molecule has 0 aliphatic rings. The number of allylic oxidation sites excluding steroid dienone is 1. The third-order valence-corrected chi connectivity index (χ3v) is 2.21. The summed E-state index contributed by atoms with van der Waals surface area (Å²) in [4.78, 5) is 27.4. The van der Waals surface area contributed by atoms with Crippen LogP contribution in [0.5, 0.6) is 0 Å². The fourth-order valence-corrected chi connectivity index (χ4v) is 1.21. The van der Waals surface area contributed by atoms with Crippen LogP contribution < -0.4 is 5.32 Å². The van der Waals surface area contributed by atoms with Crippen molar-refractivity contribution in [3.8, 4) is 0 Å². The Kier molecular flexibility index (Phi) is 5.64. The minimum atomic E-state index is -4.01. The standard InChI is InChI=1S/C7H14NO5P/c1-8-6(7(9)10)4-2-3-5-14(11,12)13/h2-3,6,8H,4-5H2,1H3,(H,9,10)(H2,11,12,13)/b3-2+. The van der Waals surface area contributed by atoms with Crippen LogP contribution in [0.1, 0.15) is 6.42 Å². The van der Waals surface area contributed by atoms with Gasteiger partial charge in [-0.25, -0.2) is 0 Å². The summed E-state index contributed by atoms with van der Waals surface area (Å²) in [6.45, 7) is 0. The molecular formula is C7H14NO5P. The lowest BCUT2D eigenvalue weighted by Gasteiger charge is -2.07. The minimum Gasteiger partial charge on any atom is -0.480 e. The van der Waals surface area contributed by atoms with Crippen molar-refractivity contribution in [2.75, 3.05) is 13.2 Å². The number of carboxylic acid groups (broad SMARTS) is 1. The van der Waals surface area contributed by atoms with Gasteiger partial charge in [0, 0.05) is 0 Å². The zero-order valence-electron chi connectivity index (χ0n) is 7.75. The molecular weight excluding hydrogens is 209 g/mol. The molecule has 0 fully saturated rings. The lowest BCUT2D eigenvalue weighted by molar-refractivity contribution is -0.139. The lowest BCUT2D eigenvalue weighted by Crippen LogP contribution is -2.33. The van der Waals surface area contributed by atoms with Gasteiger partial charge in [0.25, 0.3) is 0 Å². The number of carbonyl (C=O) groups is 1. The fraction of sp³-hybridized carbons (Fsp3) is 0.571. The van der Waals surface area contributed by atoms with Crippen LogP contribution in [0.25, 0.3) is 0 Å². The van der Waals surface area contributed by atoms with E-state index in [1.54, 1.807) is 0 Å². The van der Waals surface area contributed by atoms with Crippen LogP contribution in [0.4, 0.5) is 0 Å². The average molecular weight is 223 g/mol. The van der Waals surface area contributed by atoms with Gasteiger partial charge in [0.05, 0.1) is 6.16 Å². The predicted octanol–water partition coefficient (Wildman–Crippen LogP) is -0.217. The molecule has 0 radical (unpaired) electrons. The summed E-state index contributed by atoms with van der Waals surface area (Å²) < 4.78 is 10.4. The number of rotatable bonds is 6. The van der Waals surface area contributed by atoms with Gasteiger partial charge >= 0.3 is 13.6 Å². The van der Waals surface area contributed by atoms with E-state index in [0.29, 0.717) is 0 Å². The van der Waals surface area contributed by atoms with Crippen LogP contribution in [-0.4, -0.2) is 40.1 Å². The highest BCUT2D eigenvalue weighted by molar-refractivity contribution is 7.51. The molecule has 82 valence electrons. The van der Waals surface area contributed by atoms with Crippen molar-refractivity contribution < 1.29 is 24.3 Å². The van der Waals surface area contributed by atoms with E-state index >= 15 is 0 Å². The summed E-state index contributed by atoms with van der Waals surface area (Å²) in [5.41, 5.74) is 0. The fourth-order valence-electron chi connectivity index (χ4n) is 0.786. The van der Waals surface area contributed by atoms with Crippen molar-refractivity contribution in [2.24, 2.45) is 0 Å². The molecule has 0 bridgehead atoms. The van der Waals surface area contributed by atoms with Crippen molar-refractivity contribution in [1.29, 1.82) is 0 Å². The number of hydrogen-bond donors (Lipinski definition) is 4.